The molecule has 2 rings (SSSR count). The van der Waals surface area contributed by atoms with Gasteiger partial charge in [-0.1, -0.05) is 11.6 Å². The van der Waals surface area contributed by atoms with Gasteiger partial charge in [0.25, 0.3) is 0 Å². The van der Waals surface area contributed by atoms with E-state index in [0.717, 1.165) is 6.54 Å². The fourth-order valence-electron chi connectivity index (χ4n) is 2.46. The van der Waals surface area contributed by atoms with Crippen LogP contribution in [0.15, 0.2) is 12.1 Å². The maximum atomic E-state index is 6.10. The van der Waals surface area contributed by atoms with Gasteiger partial charge in [-0.25, -0.2) is 0 Å². The number of nitrogen functional groups attached to an aromatic ring is 1. The maximum absolute atomic E-state index is 6.10. The van der Waals surface area contributed by atoms with E-state index in [9.17, 15) is 0 Å². The summed E-state index contributed by atoms with van der Waals surface area (Å²) in [7, 11) is 0. The highest BCUT2D eigenvalue weighted by molar-refractivity contribution is 6.33. The minimum absolute atomic E-state index is 0.604. The van der Waals surface area contributed by atoms with E-state index in [4.69, 9.17) is 17.3 Å². The normalized spacial score (nSPS) is 21.2. The van der Waals surface area contributed by atoms with Crippen LogP contribution in [0.25, 0.3) is 0 Å². The van der Waals surface area contributed by atoms with Crippen molar-refractivity contribution in [3.63, 3.8) is 0 Å². The van der Waals surface area contributed by atoms with E-state index in [1.165, 1.54) is 30.5 Å². The summed E-state index contributed by atoms with van der Waals surface area (Å²) >= 11 is 6.10. The number of rotatable bonds is 1. The van der Waals surface area contributed by atoms with E-state index in [1.807, 2.05) is 12.1 Å². The lowest BCUT2D eigenvalue weighted by molar-refractivity contribution is 0.484. The minimum atomic E-state index is 0.604. The molecule has 0 radical (unpaired) electrons. The van der Waals surface area contributed by atoms with Crippen LogP contribution >= 0.6 is 11.6 Å². The first kappa shape index (κ1) is 11.6. The van der Waals surface area contributed by atoms with Gasteiger partial charge in [0.2, 0.25) is 0 Å². The van der Waals surface area contributed by atoms with Crippen LogP contribution in [0, 0.1) is 6.92 Å². The van der Waals surface area contributed by atoms with Gasteiger partial charge >= 0.3 is 0 Å². The Morgan fingerprint density at radius 1 is 1.38 bits per heavy atom. The summed E-state index contributed by atoms with van der Waals surface area (Å²) in [4.78, 5) is 2.45. The smallest absolute Gasteiger partial charge is 0.0656 e. The first-order chi connectivity index (χ1) is 7.59. The molecule has 1 unspecified atom stereocenters. The second-order valence-electron chi connectivity index (χ2n) is 4.70. The topological polar surface area (TPSA) is 29.3 Å². The molecule has 2 N–H and O–H groups in total. The number of nitrogens with zero attached hydrogens (tertiary/aromatic N) is 1. The van der Waals surface area contributed by atoms with Crippen LogP contribution in [0.1, 0.15) is 31.7 Å². The van der Waals surface area contributed by atoms with E-state index in [-0.39, 0.29) is 0 Å². The Hall–Kier alpha value is -0.890. The summed E-state index contributed by atoms with van der Waals surface area (Å²) in [6.07, 6.45) is 3.87. The van der Waals surface area contributed by atoms with E-state index >= 15 is 0 Å². The Balaban J connectivity index is 2.35. The zero-order valence-corrected chi connectivity index (χ0v) is 10.7. The van der Waals surface area contributed by atoms with Crippen molar-refractivity contribution >= 4 is 23.0 Å². The molecule has 1 heterocycles. The molecule has 1 aliphatic heterocycles. The summed E-state index contributed by atoms with van der Waals surface area (Å²) < 4.78 is 0. The molecule has 1 atom stereocenters. The Morgan fingerprint density at radius 2 is 2.12 bits per heavy atom. The third kappa shape index (κ3) is 2.12. The molecule has 0 amide bonds. The van der Waals surface area contributed by atoms with Gasteiger partial charge in [-0.05, 0) is 50.8 Å². The molecule has 88 valence electrons. The van der Waals surface area contributed by atoms with Gasteiger partial charge in [0, 0.05) is 18.3 Å². The van der Waals surface area contributed by atoms with Crippen molar-refractivity contribution < 1.29 is 0 Å². The molecule has 0 aliphatic carbocycles. The fourth-order valence-corrected chi connectivity index (χ4v) is 2.62. The second kappa shape index (κ2) is 4.54. The quantitative estimate of drug-likeness (QED) is 0.758. The van der Waals surface area contributed by atoms with Crippen LogP contribution in [0.2, 0.25) is 5.02 Å². The Kier molecular flexibility index (Phi) is 3.29. The van der Waals surface area contributed by atoms with Crippen LogP contribution in [0.5, 0.6) is 0 Å². The number of piperidine rings is 1. The molecule has 1 fully saturated rings. The molecule has 1 saturated heterocycles. The molecular weight excluding hydrogens is 220 g/mol. The lowest BCUT2D eigenvalue weighted by atomic mass is 10.0. The number of halogens is 1. The molecule has 0 spiro atoms. The standard InChI is InChI=1S/C13H19ClN2/c1-9-7-12(15)11(14)8-13(9)16-6-4-3-5-10(16)2/h7-8,10H,3-6,15H2,1-2H3. The first-order valence-corrected chi connectivity index (χ1v) is 6.29. The van der Waals surface area contributed by atoms with Crippen molar-refractivity contribution in [3.05, 3.63) is 22.7 Å². The van der Waals surface area contributed by atoms with Gasteiger partial charge in [-0.3, -0.25) is 0 Å². The zero-order chi connectivity index (χ0) is 11.7. The Bertz CT molecular complexity index is 390. The van der Waals surface area contributed by atoms with Crippen LogP contribution in [0.4, 0.5) is 11.4 Å². The van der Waals surface area contributed by atoms with Gasteiger partial charge in [-0.2, -0.15) is 0 Å². The van der Waals surface area contributed by atoms with Gasteiger partial charge in [0.15, 0.2) is 0 Å². The van der Waals surface area contributed by atoms with Crippen LogP contribution in [0.3, 0.4) is 0 Å². The number of benzene rings is 1. The van der Waals surface area contributed by atoms with Gasteiger partial charge in [0.05, 0.1) is 10.7 Å². The number of nitrogens with two attached hydrogens (primary N) is 1. The predicted molar refractivity (Wildman–Crippen MR) is 71.3 cm³/mol. The number of hydrogen-bond donors (Lipinski definition) is 1. The molecule has 3 heteroatoms. The molecule has 1 aliphatic rings. The van der Waals surface area contributed by atoms with Crippen LogP contribution in [-0.2, 0) is 0 Å². The van der Waals surface area contributed by atoms with Crippen LogP contribution in [-0.4, -0.2) is 12.6 Å². The Morgan fingerprint density at radius 3 is 2.81 bits per heavy atom. The van der Waals surface area contributed by atoms with Gasteiger partial charge < -0.3 is 10.6 Å². The molecule has 2 nitrogen and oxygen atoms in total. The van der Waals surface area contributed by atoms with Crippen LogP contribution < -0.4 is 10.6 Å². The van der Waals surface area contributed by atoms with Crippen molar-refractivity contribution in [2.45, 2.75) is 39.2 Å². The average molecular weight is 239 g/mol. The number of hydrogen-bond acceptors (Lipinski definition) is 2. The molecule has 16 heavy (non-hydrogen) atoms. The van der Waals surface area contributed by atoms with Crippen molar-refractivity contribution in [2.24, 2.45) is 0 Å². The van der Waals surface area contributed by atoms with Gasteiger partial charge in [-0.15, -0.1) is 0 Å². The highest BCUT2D eigenvalue weighted by atomic mass is 35.5. The highest BCUT2D eigenvalue weighted by Gasteiger charge is 2.20. The first-order valence-electron chi connectivity index (χ1n) is 5.92. The zero-order valence-electron chi connectivity index (χ0n) is 9.96. The van der Waals surface area contributed by atoms with E-state index in [1.54, 1.807) is 0 Å². The lowest BCUT2D eigenvalue weighted by Crippen LogP contribution is -2.37. The molecule has 0 aromatic heterocycles. The molecule has 1 aromatic carbocycles. The lowest BCUT2D eigenvalue weighted by Gasteiger charge is -2.36. The molecule has 0 saturated carbocycles. The second-order valence-corrected chi connectivity index (χ2v) is 5.11. The maximum Gasteiger partial charge on any atom is 0.0656 e. The summed E-state index contributed by atoms with van der Waals surface area (Å²) in [5, 5.41) is 0.665. The Labute approximate surface area is 102 Å². The summed E-state index contributed by atoms with van der Waals surface area (Å²) in [5.74, 6) is 0. The minimum Gasteiger partial charge on any atom is -0.398 e. The van der Waals surface area contributed by atoms with E-state index in [2.05, 4.69) is 18.7 Å². The molecule has 1 aromatic rings. The fraction of sp³-hybridized carbons (Fsp3) is 0.538. The highest BCUT2D eigenvalue weighted by Crippen LogP contribution is 2.32. The SMILES string of the molecule is Cc1cc(N)c(Cl)cc1N1CCCCC1C. The summed E-state index contributed by atoms with van der Waals surface area (Å²) in [6, 6.07) is 4.58. The van der Waals surface area contributed by atoms with Crippen molar-refractivity contribution in [1.82, 2.24) is 0 Å². The van der Waals surface area contributed by atoms with Crippen molar-refractivity contribution in [1.29, 1.82) is 0 Å². The van der Waals surface area contributed by atoms with E-state index < -0.39 is 0 Å². The molecule has 0 bridgehead atoms. The summed E-state index contributed by atoms with van der Waals surface area (Å²) in [6.45, 7) is 5.51. The van der Waals surface area contributed by atoms with Gasteiger partial charge in [0.1, 0.15) is 0 Å². The van der Waals surface area contributed by atoms with Crippen molar-refractivity contribution in [3.8, 4) is 0 Å². The predicted octanol–water partition coefficient (Wildman–Crippen LogP) is 3.61. The van der Waals surface area contributed by atoms with E-state index in [0.29, 0.717) is 16.8 Å². The largest absolute Gasteiger partial charge is 0.398 e. The average Bonchev–Trinajstić information content (AvgIpc) is 2.25. The van der Waals surface area contributed by atoms with Crippen molar-refractivity contribution in [2.75, 3.05) is 17.2 Å². The monoisotopic (exact) mass is 238 g/mol. The molecular formula is C13H19ClN2. The third-order valence-corrected chi connectivity index (χ3v) is 3.75. The third-order valence-electron chi connectivity index (χ3n) is 3.43. The number of anilines is 2. The number of aryl methyl sites for hydroxylation is 1. The summed E-state index contributed by atoms with van der Waals surface area (Å²) in [5.41, 5.74) is 8.94.